The molecule has 0 aliphatic carbocycles. The van der Waals surface area contributed by atoms with Crippen LogP contribution in [0, 0.1) is 0 Å². The van der Waals surface area contributed by atoms with Gasteiger partial charge in [-0.25, -0.2) is 14.5 Å². The van der Waals surface area contributed by atoms with Crippen molar-refractivity contribution >= 4 is 35.5 Å². The number of ether oxygens (including phenoxy) is 2. The van der Waals surface area contributed by atoms with E-state index < -0.39 is 36.3 Å². The standard InChI is InChI=1S/C17H16N4O7/c1-2-5-20-14(23)15(24)21(17(20)26)9-13(22)19-16(25)18-10-3-4-11-12(8-10)28-7-6-27-11/h2-4,8H,1,5-7,9H2,(H2,18,19,22,25). The highest BCUT2D eigenvalue weighted by Gasteiger charge is 2.44. The molecule has 2 aliphatic heterocycles. The highest BCUT2D eigenvalue weighted by atomic mass is 16.6. The van der Waals surface area contributed by atoms with Crippen LogP contribution in [0.3, 0.4) is 0 Å². The number of fused-ring (bicyclic) bond motifs is 1. The third-order valence-electron chi connectivity index (χ3n) is 3.80. The summed E-state index contributed by atoms with van der Waals surface area (Å²) in [4.78, 5) is 60.6. The number of nitrogens with zero attached hydrogens (tertiary/aromatic N) is 2. The summed E-state index contributed by atoms with van der Waals surface area (Å²) in [6.07, 6.45) is 1.27. The molecule has 0 radical (unpaired) electrons. The molecule has 0 bridgehead atoms. The summed E-state index contributed by atoms with van der Waals surface area (Å²) in [5.74, 6) is -2.16. The van der Waals surface area contributed by atoms with Crippen LogP contribution in [0.1, 0.15) is 0 Å². The van der Waals surface area contributed by atoms with E-state index in [2.05, 4.69) is 11.9 Å². The summed E-state index contributed by atoms with van der Waals surface area (Å²) in [6.45, 7) is 3.25. The fourth-order valence-corrected chi connectivity index (χ4v) is 2.57. The fourth-order valence-electron chi connectivity index (χ4n) is 2.57. The molecule has 7 amide bonds. The molecule has 1 aromatic rings. The maximum Gasteiger partial charge on any atom is 0.335 e. The van der Waals surface area contributed by atoms with Gasteiger partial charge in [0.15, 0.2) is 11.5 Å². The molecule has 2 heterocycles. The Morgan fingerprint density at radius 2 is 1.75 bits per heavy atom. The second kappa shape index (κ2) is 7.78. The van der Waals surface area contributed by atoms with Gasteiger partial charge in [-0.1, -0.05) is 6.08 Å². The number of hydrogen-bond donors (Lipinski definition) is 2. The van der Waals surface area contributed by atoms with Crippen LogP contribution in [-0.4, -0.2) is 65.9 Å². The lowest BCUT2D eigenvalue weighted by Gasteiger charge is -2.19. The zero-order chi connectivity index (χ0) is 20.3. The van der Waals surface area contributed by atoms with Gasteiger partial charge >= 0.3 is 23.9 Å². The van der Waals surface area contributed by atoms with Gasteiger partial charge in [-0.3, -0.25) is 24.6 Å². The molecule has 2 N–H and O–H groups in total. The third kappa shape index (κ3) is 3.77. The number of imide groups is 3. The number of urea groups is 2. The maximum absolute atomic E-state index is 12.0. The van der Waals surface area contributed by atoms with Gasteiger partial charge in [0.1, 0.15) is 19.8 Å². The largest absolute Gasteiger partial charge is 0.486 e. The van der Waals surface area contributed by atoms with Gasteiger partial charge < -0.3 is 14.8 Å². The van der Waals surface area contributed by atoms with Gasteiger partial charge in [0.2, 0.25) is 5.91 Å². The highest BCUT2D eigenvalue weighted by molar-refractivity contribution is 6.45. The first-order valence-electron chi connectivity index (χ1n) is 8.19. The van der Waals surface area contributed by atoms with E-state index >= 15 is 0 Å². The monoisotopic (exact) mass is 388 g/mol. The summed E-state index contributed by atoms with van der Waals surface area (Å²) in [5.41, 5.74) is 0.343. The second-order valence-corrected chi connectivity index (χ2v) is 5.74. The average Bonchev–Trinajstić information content (AvgIpc) is 2.86. The Morgan fingerprint density at radius 1 is 1.07 bits per heavy atom. The molecular weight excluding hydrogens is 372 g/mol. The van der Waals surface area contributed by atoms with Crippen molar-refractivity contribution in [3.05, 3.63) is 30.9 Å². The van der Waals surface area contributed by atoms with E-state index in [0.29, 0.717) is 40.2 Å². The molecule has 0 unspecified atom stereocenters. The number of anilines is 1. The quantitative estimate of drug-likeness (QED) is 0.414. The maximum atomic E-state index is 12.0. The first kappa shape index (κ1) is 18.9. The Bertz CT molecular complexity index is 882. The Kier molecular flexibility index (Phi) is 5.25. The van der Waals surface area contributed by atoms with Crippen molar-refractivity contribution in [2.24, 2.45) is 0 Å². The first-order chi connectivity index (χ1) is 13.4. The van der Waals surface area contributed by atoms with E-state index in [1.54, 1.807) is 12.1 Å². The number of rotatable bonds is 5. The van der Waals surface area contributed by atoms with Gasteiger partial charge in [-0.05, 0) is 12.1 Å². The highest BCUT2D eigenvalue weighted by Crippen LogP contribution is 2.32. The topological polar surface area (TPSA) is 134 Å². The molecular formula is C17H16N4O7. The molecule has 0 saturated carbocycles. The van der Waals surface area contributed by atoms with Crippen molar-refractivity contribution < 1.29 is 33.4 Å². The van der Waals surface area contributed by atoms with Crippen LogP contribution in [0.5, 0.6) is 11.5 Å². The van der Waals surface area contributed by atoms with E-state index in [1.165, 1.54) is 12.1 Å². The van der Waals surface area contributed by atoms with E-state index in [-0.39, 0.29) is 6.54 Å². The molecule has 0 aromatic heterocycles. The molecule has 3 rings (SSSR count). The summed E-state index contributed by atoms with van der Waals surface area (Å²) in [7, 11) is 0. The summed E-state index contributed by atoms with van der Waals surface area (Å²) in [6, 6.07) is 2.86. The van der Waals surface area contributed by atoms with Gasteiger partial charge in [-0.15, -0.1) is 6.58 Å². The average molecular weight is 388 g/mol. The minimum absolute atomic E-state index is 0.161. The van der Waals surface area contributed by atoms with Crippen molar-refractivity contribution in [3.63, 3.8) is 0 Å². The van der Waals surface area contributed by atoms with Crippen molar-refractivity contribution in [3.8, 4) is 11.5 Å². The van der Waals surface area contributed by atoms with Crippen molar-refractivity contribution in [1.29, 1.82) is 0 Å². The number of amides is 7. The summed E-state index contributed by atoms with van der Waals surface area (Å²) >= 11 is 0. The molecule has 2 aliphatic rings. The smallest absolute Gasteiger partial charge is 0.335 e. The van der Waals surface area contributed by atoms with Gasteiger partial charge in [0.05, 0.1) is 0 Å². The van der Waals surface area contributed by atoms with Gasteiger partial charge in [0, 0.05) is 18.3 Å². The van der Waals surface area contributed by atoms with Crippen molar-refractivity contribution in [2.45, 2.75) is 0 Å². The zero-order valence-electron chi connectivity index (χ0n) is 14.6. The van der Waals surface area contributed by atoms with Gasteiger partial charge in [-0.2, -0.15) is 0 Å². The van der Waals surface area contributed by atoms with Crippen LogP contribution in [0.25, 0.3) is 0 Å². The van der Waals surface area contributed by atoms with E-state index in [4.69, 9.17) is 9.47 Å². The third-order valence-corrected chi connectivity index (χ3v) is 3.80. The SMILES string of the molecule is C=CCN1C(=O)C(=O)N(CC(=O)NC(=O)Nc2ccc3c(c2)OCCO3)C1=O. The fraction of sp³-hybridized carbons (Fsp3) is 0.235. The van der Waals surface area contributed by atoms with E-state index in [0.717, 1.165) is 0 Å². The van der Waals surface area contributed by atoms with Crippen LogP contribution < -0.4 is 20.1 Å². The molecule has 0 spiro atoms. The second-order valence-electron chi connectivity index (χ2n) is 5.74. The molecule has 0 atom stereocenters. The normalized spacial score (nSPS) is 15.5. The predicted octanol–water partition coefficient (Wildman–Crippen LogP) is 0.0827. The lowest BCUT2D eigenvalue weighted by atomic mass is 10.2. The number of hydrogen-bond acceptors (Lipinski definition) is 7. The summed E-state index contributed by atoms with van der Waals surface area (Å²) in [5, 5.41) is 4.40. The Labute approximate surface area is 158 Å². The molecule has 11 heteroatoms. The van der Waals surface area contributed by atoms with Crippen LogP contribution in [-0.2, 0) is 14.4 Å². The Hall–Kier alpha value is -3.89. The Morgan fingerprint density at radius 3 is 2.46 bits per heavy atom. The minimum Gasteiger partial charge on any atom is -0.486 e. The van der Waals surface area contributed by atoms with E-state index in [9.17, 15) is 24.0 Å². The van der Waals surface area contributed by atoms with E-state index in [1.807, 2.05) is 5.32 Å². The number of benzene rings is 1. The van der Waals surface area contributed by atoms with Crippen molar-refractivity contribution in [2.75, 3.05) is 31.6 Å². The molecule has 11 nitrogen and oxygen atoms in total. The van der Waals surface area contributed by atoms with Crippen LogP contribution in [0.2, 0.25) is 0 Å². The lowest BCUT2D eigenvalue weighted by molar-refractivity contribution is -0.143. The van der Waals surface area contributed by atoms with Crippen LogP contribution >= 0.6 is 0 Å². The summed E-state index contributed by atoms with van der Waals surface area (Å²) < 4.78 is 10.8. The molecule has 28 heavy (non-hydrogen) atoms. The number of carbonyl (C=O) groups is 5. The first-order valence-corrected chi connectivity index (χ1v) is 8.19. The predicted molar refractivity (Wildman–Crippen MR) is 93.6 cm³/mol. The van der Waals surface area contributed by atoms with Gasteiger partial charge in [0.25, 0.3) is 0 Å². The van der Waals surface area contributed by atoms with Crippen LogP contribution in [0.15, 0.2) is 30.9 Å². The number of carbonyl (C=O) groups excluding carboxylic acids is 5. The number of nitrogens with one attached hydrogen (secondary N) is 2. The minimum atomic E-state index is -1.14. The van der Waals surface area contributed by atoms with Crippen molar-refractivity contribution in [1.82, 2.24) is 15.1 Å². The molecule has 1 saturated heterocycles. The molecule has 1 aromatic carbocycles. The van der Waals surface area contributed by atoms with Crippen LogP contribution in [0.4, 0.5) is 15.3 Å². The zero-order valence-corrected chi connectivity index (χ0v) is 14.6. The molecule has 1 fully saturated rings. The Balaban J connectivity index is 1.57. The molecule has 146 valence electrons. The lowest BCUT2D eigenvalue weighted by Crippen LogP contribution is -2.44.